The lowest BCUT2D eigenvalue weighted by atomic mass is 10.0. The standard InChI is InChI=1S/C20H23BrN2O4/c1-13(2)16-6-4-5-7-18(16)27-12-20(25)23-22-19(24)11-26-15-8-9-17(21)14(3)10-15/h4-10,13H,11-12H2,1-3H3,(H,22,24)(H,23,25). The number of carbonyl (C=O) groups is 2. The molecule has 27 heavy (non-hydrogen) atoms. The van der Waals surface area contributed by atoms with Crippen molar-refractivity contribution in [1.82, 2.24) is 10.9 Å². The Morgan fingerprint density at radius 1 is 1.00 bits per heavy atom. The van der Waals surface area contributed by atoms with Crippen LogP contribution in [0.25, 0.3) is 0 Å². The van der Waals surface area contributed by atoms with Gasteiger partial charge in [-0.2, -0.15) is 0 Å². The molecule has 0 fully saturated rings. The van der Waals surface area contributed by atoms with Crippen molar-refractivity contribution in [1.29, 1.82) is 0 Å². The predicted octanol–water partition coefficient (Wildman–Crippen LogP) is 3.49. The fraction of sp³-hybridized carbons (Fsp3) is 0.300. The Hall–Kier alpha value is -2.54. The summed E-state index contributed by atoms with van der Waals surface area (Å²) in [5.41, 5.74) is 6.63. The molecule has 0 radical (unpaired) electrons. The van der Waals surface area contributed by atoms with Crippen molar-refractivity contribution >= 4 is 27.7 Å². The van der Waals surface area contributed by atoms with Gasteiger partial charge in [0, 0.05) is 4.47 Å². The monoisotopic (exact) mass is 434 g/mol. The van der Waals surface area contributed by atoms with Gasteiger partial charge in [0.1, 0.15) is 11.5 Å². The summed E-state index contributed by atoms with van der Waals surface area (Å²) in [6.07, 6.45) is 0. The summed E-state index contributed by atoms with van der Waals surface area (Å²) in [6.45, 7) is 5.62. The number of aryl methyl sites for hydroxylation is 1. The molecule has 0 unspecified atom stereocenters. The lowest BCUT2D eigenvalue weighted by Crippen LogP contribution is -2.45. The van der Waals surface area contributed by atoms with Crippen LogP contribution in [0.2, 0.25) is 0 Å². The highest BCUT2D eigenvalue weighted by Crippen LogP contribution is 2.25. The van der Waals surface area contributed by atoms with Crippen molar-refractivity contribution in [2.75, 3.05) is 13.2 Å². The summed E-state index contributed by atoms with van der Waals surface area (Å²) in [5.74, 6) is 0.588. The number of amides is 2. The highest BCUT2D eigenvalue weighted by molar-refractivity contribution is 9.10. The van der Waals surface area contributed by atoms with Crippen LogP contribution in [0.1, 0.15) is 30.9 Å². The van der Waals surface area contributed by atoms with Crippen molar-refractivity contribution < 1.29 is 19.1 Å². The quantitative estimate of drug-likeness (QED) is 0.653. The smallest absolute Gasteiger partial charge is 0.276 e. The number of ether oxygens (including phenoxy) is 2. The normalized spacial score (nSPS) is 10.4. The minimum Gasteiger partial charge on any atom is -0.484 e. The van der Waals surface area contributed by atoms with Crippen LogP contribution in [0.4, 0.5) is 0 Å². The van der Waals surface area contributed by atoms with Crippen molar-refractivity contribution in [3.05, 3.63) is 58.1 Å². The van der Waals surface area contributed by atoms with Crippen molar-refractivity contribution in [3.8, 4) is 11.5 Å². The molecular weight excluding hydrogens is 412 g/mol. The number of para-hydroxylation sites is 1. The first kappa shape index (κ1) is 20.8. The van der Waals surface area contributed by atoms with Gasteiger partial charge < -0.3 is 9.47 Å². The van der Waals surface area contributed by atoms with Gasteiger partial charge in [0.2, 0.25) is 0 Å². The lowest BCUT2D eigenvalue weighted by molar-refractivity contribution is -0.131. The molecule has 0 saturated carbocycles. The molecule has 0 heterocycles. The van der Waals surface area contributed by atoms with Crippen LogP contribution in [0.15, 0.2) is 46.9 Å². The molecule has 2 N–H and O–H groups in total. The van der Waals surface area contributed by atoms with E-state index in [9.17, 15) is 9.59 Å². The van der Waals surface area contributed by atoms with Gasteiger partial charge >= 0.3 is 0 Å². The van der Waals surface area contributed by atoms with Crippen LogP contribution >= 0.6 is 15.9 Å². The zero-order valence-electron chi connectivity index (χ0n) is 15.5. The van der Waals surface area contributed by atoms with Crippen molar-refractivity contribution in [2.24, 2.45) is 0 Å². The van der Waals surface area contributed by atoms with Gasteiger partial charge in [-0.05, 0) is 48.2 Å². The fourth-order valence-electron chi connectivity index (χ4n) is 2.30. The molecule has 2 aromatic rings. The summed E-state index contributed by atoms with van der Waals surface area (Å²) >= 11 is 3.40. The Morgan fingerprint density at radius 2 is 1.63 bits per heavy atom. The molecule has 6 nitrogen and oxygen atoms in total. The Balaban J connectivity index is 1.73. The molecule has 0 aliphatic carbocycles. The second-order valence-corrected chi connectivity index (χ2v) is 7.13. The molecule has 7 heteroatoms. The Kier molecular flexibility index (Phi) is 7.67. The molecule has 2 rings (SSSR count). The third-order valence-electron chi connectivity index (χ3n) is 3.74. The third-order valence-corrected chi connectivity index (χ3v) is 4.63. The Labute approximate surface area is 167 Å². The van der Waals surface area contributed by atoms with E-state index < -0.39 is 11.8 Å². The Bertz CT molecular complexity index is 808. The maximum Gasteiger partial charge on any atom is 0.276 e. The fourth-order valence-corrected chi connectivity index (χ4v) is 2.55. The van der Waals surface area contributed by atoms with E-state index in [1.54, 1.807) is 6.07 Å². The summed E-state index contributed by atoms with van der Waals surface area (Å²) in [6, 6.07) is 13.0. The van der Waals surface area contributed by atoms with Crippen molar-refractivity contribution in [3.63, 3.8) is 0 Å². The molecule has 0 aromatic heterocycles. The number of nitrogens with one attached hydrogen (secondary N) is 2. The first-order valence-electron chi connectivity index (χ1n) is 8.55. The van der Waals surface area contributed by atoms with E-state index in [1.165, 1.54) is 0 Å². The predicted molar refractivity (Wildman–Crippen MR) is 107 cm³/mol. The molecule has 0 atom stereocenters. The lowest BCUT2D eigenvalue weighted by Gasteiger charge is -2.14. The topological polar surface area (TPSA) is 76.7 Å². The molecule has 2 amide bonds. The summed E-state index contributed by atoms with van der Waals surface area (Å²) in [4.78, 5) is 23.7. The first-order valence-corrected chi connectivity index (χ1v) is 9.34. The van der Waals surface area contributed by atoms with Crippen LogP contribution in [0, 0.1) is 6.92 Å². The van der Waals surface area contributed by atoms with E-state index in [-0.39, 0.29) is 19.1 Å². The second-order valence-electron chi connectivity index (χ2n) is 6.28. The van der Waals surface area contributed by atoms with E-state index >= 15 is 0 Å². The highest BCUT2D eigenvalue weighted by atomic mass is 79.9. The van der Waals surface area contributed by atoms with Crippen LogP contribution in [0.5, 0.6) is 11.5 Å². The number of benzene rings is 2. The van der Waals surface area contributed by atoms with Gasteiger partial charge in [0.05, 0.1) is 0 Å². The molecule has 0 spiro atoms. The number of halogens is 1. The van der Waals surface area contributed by atoms with Gasteiger partial charge in [-0.1, -0.05) is 48.0 Å². The van der Waals surface area contributed by atoms with Gasteiger partial charge in [-0.25, -0.2) is 0 Å². The third kappa shape index (κ3) is 6.60. The summed E-state index contributed by atoms with van der Waals surface area (Å²) in [5, 5.41) is 0. The van der Waals surface area contributed by atoms with E-state index in [1.807, 2.05) is 43.3 Å². The van der Waals surface area contributed by atoms with E-state index in [2.05, 4.69) is 40.6 Å². The molecule has 0 bridgehead atoms. The first-order chi connectivity index (χ1) is 12.9. The molecule has 0 aliphatic heterocycles. The van der Waals surface area contributed by atoms with Gasteiger partial charge in [-0.15, -0.1) is 0 Å². The number of hydrazine groups is 1. The molecule has 0 aliphatic rings. The zero-order valence-corrected chi connectivity index (χ0v) is 17.1. The molecule has 144 valence electrons. The maximum absolute atomic E-state index is 11.9. The molecule has 2 aromatic carbocycles. The van der Waals surface area contributed by atoms with Gasteiger partial charge in [0.25, 0.3) is 11.8 Å². The average molecular weight is 435 g/mol. The van der Waals surface area contributed by atoms with E-state index in [0.29, 0.717) is 11.5 Å². The highest BCUT2D eigenvalue weighted by Gasteiger charge is 2.10. The largest absolute Gasteiger partial charge is 0.484 e. The minimum atomic E-state index is -0.466. The van der Waals surface area contributed by atoms with Gasteiger partial charge in [-0.3, -0.25) is 20.4 Å². The number of hydrogen-bond donors (Lipinski definition) is 2. The van der Waals surface area contributed by atoms with Crippen LogP contribution in [-0.4, -0.2) is 25.0 Å². The second kappa shape index (κ2) is 9.97. The van der Waals surface area contributed by atoms with Crippen molar-refractivity contribution in [2.45, 2.75) is 26.7 Å². The van der Waals surface area contributed by atoms with E-state index in [4.69, 9.17) is 9.47 Å². The van der Waals surface area contributed by atoms with Crippen LogP contribution < -0.4 is 20.3 Å². The summed E-state index contributed by atoms with van der Waals surface area (Å²) in [7, 11) is 0. The number of rotatable bonds is 7. The van der Waals surface area contributed by atoms with Crippen LogP contribution in [0.3, 0.4) is 0 Å². The van der Waals surface area contributed by atoms with Crippen LogP contribution in [-0.2, 0) is 9.59 Å². The molecular formula is C20H23BrN2O4. The SMILES string of the molecule is Cc1cc(OCC(=O)NNC(=O)COc2ccccc2C(C)C)ccc1Br. The molecule has 0 saturated heterocycles. The Morgan fingerprint density at radius 3 is 2.26 bits per heavy atom. The van der Waals surface area contributed by atoms with Gasteiger partial charge in [0.15, 0.2) is 13.2 Å². The summed E-state index contributed by atoms with van der Waals surface area (Å²) < 4.78 is 11.9. The number of hydrogen-bond acceptors (Lipinski definition) is 4. The number of carbonyl (C=O) groups excluding carboxylic acids is 2. The minimum absolute atomic E-state index is 0.198. The average Bonchev–Trinajstić information content (AvgIpc) is 2.65. The van der Waals surface area contributed by atoms with E-state index in [0.717, 1.165) is 15.6 Å². The maximum atomic E-state index is 11.9. The zero-order chi connectivity index (χ0) is 19.8.